The van der Waals surface area contributed by atoms with E-state index < -0.39 is 5.97 Å². The molecule has 0 aromatic heterocycles. The lowest BCUT2D eigenvalue weighted by molar-refractivity contribution is 0.0697. The molecule has 1 fully saturated rings. The molecule has 4 heteroatoms. The highest BCUT2D eigenvalue weighted by Crippen LogP contribution is 2.33. The molecule has 0 bridgehead atoms. The van der Waals surface area contributed by atoms with Gasteiger partial charge in [-0.1, -0.05) is 0 Å². The van der Waals surface area contributed by atoms with Crippen molar-refractivity contribution in [3.05, 3.63) is 23.8 Å². The summed E-state index contributed by atoms with van der Waals surface area (Å²) >= 11 is 0. The number of anilines is 2. The van der Waals surface area contributed by atoms with Crippen LogP contribution in [-0.2, 0) is 0 Å². The lowest BCUT2D eigenvalue weighted by Gasteiger charge is -2.41. The number of nitrogen functional groups attached to an aromatic ring is 1. The fourth-order valence-electron chi connectivity index (χ4n) is 2.82. The summed E-state index contributed by atoms with van der Waals surface area (Å²) in [6, 6.07) is 5.91. The van der Waals surface area contributed by atoms with E-state index in [0.717, 1.165) is 18.5 Å². The highest BCUT2D eigenvalue weighted by Gasteiger charge is 2.26. The van der Waals surface area contributed by atoms with Crippen molar-refractivity contribution >= 4 is 17.3 Å². The predicted octanol–water partition coefficient (Wildman–Crippen LogP) is 2.73. The molecule has 18 heavy (non-hydrogen) atoms. The molecule has 3 N–H and O–H groups in total. The molecule has 1 aromatic rings. The average Bonchev–Trinajstić information content (AvgIpc) is 2.30. The zero-order valence-electron chi connectivity index (χ0n) is 10.9. The quantitative estimate of drug-likeness (QED) is 0.790. The number of hydrogen-bond acceptors (Lipinski definition) is 3. The van der Waals surface area contributed by atoms with Crippen LogP contribution >= 0.6 is 0 Å². The van der Waals surface area contributed by atoms with Gasteiger partial charge in [0.05, 0.1) is 16.9 Å². The summed E-state index contributed by atoms with van der Waals surface area (Å²) < 4.78 is 0. The van der Waals surface area contributed by atoms with E-state index in [2.05, 4.69) is 18.7 Å². The van der Waals surface area contributed by atoms with E-state index in [4.69, 9.17) is 10.8 Å². The van der Waals surface area contributed by atoms with Crippen molar-refractivity contribution in [1.29, 1.82) is 0 Å². The molecule has 1 aliphatic heterocycles. The minimum Gasteiger partial charge on any atom is -0.478 e. The third-order valence-corrected chi connectivity index (χ3v) is 3.75. The van der Waals surface area contributed by atoms with Crippen LogP contribution in [0.3, 0.4) is 0 Å². The first-order valence-electron chi connectivity index (χ1n) is 6.42. The number of carboxylic acids is 1. The van der Waals surface area contributed by atoms with E-state index in [1.54, 1.807) is 12.1 Å². The Labute approximate surface area is 107 Å². The number of carbonyl (C=O) groups is 1. The van der Waals surface area contributed by atoms with Crippen LogP contribution in [-0.4, -0.2) is 23.2 Å². The first-order chi connectivity index (χ1) is 8.50. The van der Waals surface area contributed by atoms with Crippen LogP contribution in [0.4, 0.5) is 11.4 Å². The minimum absolute atomic E-state index is 0.244. The van der Waals surface area contributed by atoms with Crippen molar-refractivity contribution in [3.63, 3.8) is 0 Å². The Morgan fingerprint density at radius 1 is 1.33 bits per heavy atom. The number of aromatic carboxylic acids is 1. The van der Waals surface area contributed by atoms with Gasteiger partial charge >= 0.3 is 5.97 Å². The molecular formula is C14H20N2O2. The van der Waals surface area contributed by atoms with Gasteiger partial charge in [0.25, 0.3) is 0 Å². The Morgan fingerprint density at radius 2 is 1.94 bits per heavy atom. The van der Waals surface area contributed by atoms with Gasteiger partial charge in [0.15, 0.2) is 0 Å². The Balaban J connectivity index is 2.35. The lowest BCUT2D eigenvalue weighted by Crippen LogP contribution is -2.44. The van der Waals surface area contributed by atoms with E-state index in [1.165, 1.54) is 6.42 Å². The monoisotopic (exact) mass is 248 g/mol. The smallest absolute Gasteiger partial charge is 0.335 e. The van der Waals surface area contributed by atoms with Gasteiger partial charge in [-0.2, -0.15) is 0 Å². The number of rotatable bonds is 2. The second-order valence-corrected chi connectivity index (χ2v) is 5.11. The van der Waals surface area contributed by atoms with Gasteiger partial charge in [0, 0.05) is 12.1 Å². The number of carboxylic acid groups (broad SMARTS) is 1. The van der Waals surface area contributed by atoms with Gasteiger partial charge in [-0.05, 0) is 51.3 Å². The van der Waals surface area contributed by atoms with Crippen molar-refractivity contribution in [2.45, 2.75) is 45.2 Å². The SMILES string of the molecule is C[C@@H]1CCC[C@H](C)N1c1ccc(C(=O)O)cc1N. The summed E-state index contributed by atoms with van der Waals surface area (Å²) in [7, 11) is 0. The maximum absolute atomic E-state index is 10.9. The van der Waals surface area contributed by atoms with Crippen LogP contribution in [0.15, 0.2) is 18.2 Å². The van der Waals surface area contributed by atoms with E-state index in [1.807, 2.05) is 6.07 Å². The highest BCUT2D eigenvalue weighted by atomic mass is 16.4. The maximum Gasteiger partial charge on any atom is 0.335 e. The topological polar surface area (TPSA) is 66.6 Å². The molecule has 98 valence electrons. The predicted molar refractivity (Wildman–Crippen MR) is 73.1 cm³/mol. The van der Waals surface area contributed by atoms with Crippen molar-refractivity contribution in [2.24, 2.45) is 0 Å². The normalized spacial score (nSPS) is 24.0. The summed E-state index contributed by atoms with van der Waals surface area (Å²) in [5.41, 5.74) is 7.76. The number of piperidine rings is 1. The average molecular weight is 248 g/mol. The summed E-state index contributed by atoms with van der Waals surface area (Å²) in [4.78, 5) is 13.2. The standard InChI is InChI=1S/C14H20N2O2/c1-9-4-3-5-10(2)16(9)13-7-6-11(14(17)18)8-12(13)15/h6-10H,3-5,15H2,1-2H3,(H,17,18)/t9-,10+. The molecular weight excluding hydrogens is 228 g/mol. The van der Waals surface area contributed by atoms with E-state index in [9.17, 15) is 4.79 Å². The second-order valence-electron chi connectivity index (χ2n) is 5.11. The second kappa shape index (κ2) is 4.88. The third-order valence-electron chi connectivity index (χ3n) is 3.75. The molecule has 2 atom stereocenters. The fraction of sp³-hybridized carbons (Fsp3) is 0.500. The summed E-state index contributed by atoms with van der Waals surface area (Å²) in [5, 5.41) is 8.95. The zero-order chi connectivity index (χ0) is 13.3. The third kappa shape index (κ3) is 2.28. The zero-order valence-corrected chi connectivity index (χ0v) is 10.9. The van der Waals surface area contributed by atoms with Crippen molar-refractivity contribution in [3.8, 4) is 0 Å². The summed E-state index contributed by atoms with van der Waals surface area (Å²) in [5.74, 6) is -0.937. The fourth-order valence-corrected chi connectivity index (χ4v) is 2.82. The molecule has 0 spiro atoms. The number of benzene rings is 1. The highest BCUT2D eigenvalue weighted by molar-refractivity contribution is 5.90. The number of hydrogen-bond donors (Lipinski definition) is 2. The Hall–Kier alpha value is -1.71. The largest absolute Gasteiger partial charge is 0.478 e. The van der Waals surface area contributed by atoms with Gasteiger partial charge in [-0.15, -0.1) is 0 Å². The van der Waals surface area contributed by atoms with Crippen LogP contribution in [0, 0.1) is 0 Å². The number of nitrogens with zero attached hydrogens (tertiary/aromatic N) is 1. The lowest BCUT2D eigenvalue weighted by atomic mass is 9.96. The van der Waals surface area contributed by atoms with Gasteiger partial charge in [0.1, 0.15) is 0 Å². The first kappa shape index (κ1) is 12.7. The van der Waals surface area contributed by atoms with Crippen LogP contribution in [0.5, 0.6) is 0 Å². The Bertz CT molecular complexity index is 449. The van der Waals surface area contributed by atoms with E-state index >= 15 is 0 Å². The molecule has 1 aromatic carbocycles. The molecule has 0 radical (unpaired) electrons. The molecule has 0 aliphatic carbocycles. The molecule has 1 aliphatic rings. The van der Waals surface area contributed by atoms with Gasteiger partial charge in [-0.3, -0.25) is 0 Å². The Morgan fingerprint density at radius 3 is 2.44 bits per heavy atom. The van der Waals surface area contributed by atoms with Crippen molar-refractivity contribution in [2.75, 3.05) is 10.6 Å². The molecule has 0 amide bonds. The molecule has 4 nitrogen and oxygen atoms in total. The van der Waals surface area contributed by atoms with Crippen LogP contribution in [0.25, 0.3) is 0 Å². The molecule has 0 unspecified atom stereocenters. The summed E-state index contributed by atoms with van der Waals surface area (Å²) in [6.07, 6.45) is 3.56. The minimum atomic E-state index is -0.937. The molecule has 0 saturated carbocycles. The number of nitrogens with two attached hydrogens (primary N) is 1. The van der Waals surface area contributed by atoms with Crippen LogP contribution in [0.2, 0.25) is 0 Å². The summed E-state index contributed by atoms with van der Waals surface area (Å²) in [6.45, 7) is 4.39. The first-order valence-corrected chi connectivity index (χ1v) is 6.42. The molecule has 2 rings (SSSR count). The van der Waals surface area contributed by atoms with E-state index in [-0.39, 0.29) is 5.56 Å². The molecule has 1 heterocycles. The van der Waals surface area contributed by atoms with Crippen molar-refractivity contribution in [1.82, 2.24) is 0 Å². The van der Waals surface area contributed by atoms with E-state index in [0.29, 0.717) is 17.8 Å². The maximum atomic E-state index is 10.9. The van der Waals surface area contributed by atoms with Crippen LogP contribution < -0.4 is 10.6 Å². The van der Waals surface area contributed by atoms with Crippen molar-refractivity contribution < 1.29 is 9.90 Å². The molecule has 1 saturated heterocycles. The van der Waals surface area contributed by atoms with Crippen LogP contribution in [0.1, 0.15) is 43.5 Å². The van der Waals surface area contributed by atoms with Gasteiger partial charge in [0.2, 0.25) is 0 Å². The Kier molecular flexibility index (Phi) is 3.45. The van der Waals surface area contributed by atoms with Gasteiger partial charge in [-0.25, -0.2) is 4.79 Å². The van der Waals surface area contributed by atoms with Gasteiger partial charge < -0.3 is 15.7 Å².